The van der Waals surface area contributed by atoms with Gasteiger partial charge in [-0.25, -0.2) is 9.97 Å². The van der Waals surface area contributed by atoms with E-state index >= 15 is 0 Å². The van der Waals surface area contributed by atoms with Crippen LogP contribution in [0, 0.1) is 0 Å². The van der Waals surface area contributed by atoms with Gasteiger partial charge in [-0.2, -0.15) is 0 Å². The Balaban J connectivity index is 0.000000131. The van der Waals surface area contributed by atoms with Crippen molar-refractivity contribution in [1.29, 1.82) is 0 Å². The highest BCUT2D eigenvalue weighted by molar-refractivity contribution is 7.98. The van der Waals surface area contributed by atoms with Crippen molar-refractivity contribution in [2.45, 2.75) is 10.4 Å². The molecule has 0 atom stereocenters. The minimum absolute atomic E-state index is 0.728. The van der Waals surface area contributed by atoms with Crippen LogP contribution < -0.4 is 0 Å². The van der Waals surface area contributed by atoms with Crippen LogP contribution >= 0.6 is 23.5 Å². The van der Waals surface area contributed by atoms with E-state index in [-0.39, 0.29) is 0 Å². The maximum absolute atomic E-state index is 5.37. The molecule has 0 fully saturated rings. The molecular formula is C16H14N2O2S2. The molecule has 4 nitrogen and oxygen atoms in total. The first-order chi connectivity index (χ1) is 10.8. The Morgan fingerprint density at radius 2 is 1.09 bits per heavy atom. The third kappa shape index (κ3) is 3.28. The van der Waals surface area contributed by atoms with Crippen LogP contribution in [-0.2, 0) is 0 Å². The standard InChI is InChI=1S/2C8H7NOS/c2*1-11-8-9-6-4-2-3-5-7(6)10-8/h2*2-5H,1H3. The molecule has 0 saturated carbocycles. The number of nitrogens with zero attached hydrogens (tertiary/aromatic N) is 2. The number of rotatable bonds is 2. The number of oxazole rings is 2. The van der Waals surface area contributed by atoms with Crippen LogP contribution in [-0.4, -0.2) is 22.5 Å². The molecule has 4 aromatic rings. The molecule has 4 rings (SSSR count). The van der Waals surface area contributed by atoms with E-state index in [1.165, 1.54) is 23.5 Å². The van der Waals surface area contributed by atoms with Crippen molar-refractivity contribution < 1.29 is 8.83 Å². The molecule has 0 saturated heterocycles. The summed E-state index contributed by atoms with van der Waals surface area (Å²) >= 11 is 3.03. The third-order valence-electron chi connectivity index (χ3n) is 2.90. The van der Waals surface area contributed by atoms with Crippen LogP contribution in [0.15, 0.2) is 67.8 Å². The van der Waals surface area contributed by atoms with Crippen molar-refractivity contribution in [3.05, 3.63) is 48.5 Å². The number of thioether (sulfide) groups is 2. The number of para-hydroxylation sites is 4. The average molecular weight is 330 g/mol. The van der Waals surface area contributed by atoms with E-state index in [2.05, 4.69) is 9.97 Å². The molecule has 6 heteroatoms. The second-order valence-electron chi connectivity index (χ2n) is 4.30. The lowest BCUT2D eigenvalue weighted by Crippen LogP contribution is -1.65. The smallest absolute Gasteiger partial charge is 0.256 e. The number of hydrogen-bond acceptors (Lipinski definition) is 6. The van der Waals surface area contributed by atoms with Crippen molar-refractivity contribution >= 4 is 45.7 Å². The van der Waals surface area contributed by atoms with E-state index in [1.807, 2.05) is 61.0 Å². The minimum Gasteiger partial charge on any atom is -0.431 e. The van der Waals surface area contributed by atoms with Crippen LogP contribution in [0.1, 0.15) is 0 Å². The molecular weight excluding hydrogens is 316 g/mol. The van der Waals surface area contributed by atoms with Gasteiger partial charge >= 0.3 is 0 Å². The maximum Gasteiger partial charge on any atom is 0.256 e. The molecule has 0 bridgehead atoms. The molecule has 0 amide bonds. The summed E-state index contributed by atoms with van der Waals surface area (Å²) in [7, 11) is 0. The first-order valence-corrected chi connectivity index (χ1v) is 9.04. The molecule has 0 spiro atoms. The van der Waals surface area contributed by atoms with Gasteiger partial charge in [-0.3, -0.25) is 0 Å². The van der Waals surface area contributed by atoms with E-state index in [4.69, 9.17) is 8.83 Å². The Bertz CT molecular complexity index is 746. The predicted octanol–water partition coefficient (Wildman–Crippen LogP) is 5.10. The van der Waals surface area contributed by atoms with Gasteiger partial charge in [-0.15, -0.1) is 0 Å². The summed E-state index contributed by atoms with van der Waals surface area (Å²) in [5, 5.41) is 1.46. The lowest BCUT2D eigenvalue weighted by molar-refractivity contribution is 0.490. The number of hydrogen-bond donors (Lipinski definition) is 0. The highest BCUT2D eigenvalue weighted by atomic mass is 32.2. The van der Waals surface area contributed by atoms with Crippen LogP contribution in [0.4, 0.5) is 0 Å². The van der Waals surface area contributed by atoms with Gasteiger partial charge < -0.3 is 8.83 Å². The molecule has 0 N–H and O–H groups in total. The van der Waals surface area contributed by atoms with Crippen LogP contribution in [0.5, 0.6) is 0 Å². The molecule has 2 aromatic heterocycles. The number of benzene rings is 2. The predicted molar refractivity (Wildman–Crippen MR) is 91.6 cm³/mol. The quantitative estimate of drug-likeness (QED) is 0.477. The lowest BCUT2D eigenvalue weighted by atomic mass is 10.3. The van der Waals surface area contributed by atoms with Crippen molar-refractivity contribution in [3.63, 3.8) is 0 Å². The van der Waals surface area contributed by atoms with Gasteiger partial charge in [0.15, 0.2) is 11.2 Å². The Hall–Kier alpha value is -1.92. The van der Waals surface area contributed by atoms with Crippen molar-refractivity contribution in [2.75, 3.05) is 12.5 Å². The SMILES string of the molecule is CSc1nc2ccccc2o1.CSc1nc2ccccc2o1. The maximum atomic E-state index is 5.37. The largest absolute Gasteiger partial charge is 0.431 e. The zero-order chi connectivity index (χ0) is 15.4. The van der Waals surface area contributed by atoms with Gasteiger partial charge in [0.1, 0.15) is 11.0 Å². The summed E-state index contributed by atoms with van der Waals surface area (Å²) in [4.78, 5) is 8.46. The van der Waals surface area contributed by atoms with Crippen LogP contribution in [0.25, 0.3) is 22.2 Å². The second-order valence-corrected chi connectivity index (χ2v) is 5.82. The summed E-state index contributed by atoms with van der Waals surface area (Å²) in [6.07, 6.45) is 3.90. The van der Waals surface area contributed by atoms with Crippen molar-refractivity contribution in [2.24, 2.45) is 0 Å². The van der Waals surface area contributed by atoms with Gasteiger partial charge in [0.05, 0.1) is 0 Å². The van der Waals surface area contributed by atoms with Gasteiger partial charge in [0.2, 0.25) is 0 Å². The van der Waals surface area contributed by atoms with E-state index in [9.17, 15) is 0 Å². The first kappa shape index (κ1) is 15.0. The van der Waals surface area contributed by atoms with E-state index in [1.54, 1.807) is 0 Å². The van der Waals surface area contributed by atoms with Gasteiger partial charge in [-0.1, -0.05) is 47.8 Å². The van der Waals surface area contributed by atoms with Gasteiger partial charge in [0, 0.05) is 0 Å². The molecule has 22 heavy (non-hydrogen) atoms. The Labute approximate surface area is 136 Å². The van der Waals surface area contributed by atoms with Crippen molar-refractivity contribution in [3.8, 4) is 0 Å². The fourth-order valence-electron chi connectivity index (χ4n) is 1.88. The second kappa shape index (κ2) is 6.89. The number of aromatic nitrogens is 2. The molecule has 2 heterocycles. The highest BCUT2D eigenvalue weighted by Gasteiger charge is 2.02. The average Bonchev–Trinajstić information content (AvgIpc) is 3.18. The van der Waals surface area contributed by atoms with E-state index < -0.39 is 0 Å². The molecule has 112 valence electrons. The number of fused-ring (bicyclic) bond motifs is 2. The van der Waals surface area contributed by atoms with Crippen molar-refractivity contribution in [1.82, 2.24) is 9.97 Å². The zero-order valence-electron chi connectivity index (χ0n) is 12.1. The lowest BCUT2D eigenvalue weighted by Gasteiger charge is -1.80. The van der Waals surface area contributed by atoms with Gasteiger partial charge in [-0.05, 0) is 36.8 Å². The fourth-order valence-corrected chi connectivity index (χ4v) is 2.60. The fraction of sp³-hybridized carbons (Fsp3) is 0.125. The summed E-state index contributed by atoms with van der Waals surface area (Å²) in [6.45, 7) is 0. The Kier molecular flexibility index (Phi) is 4.70. The summed E-state index contributed by atoms with van der Waals surface area (Å²) < 4.78 is 10.7. The van der Waals surface area contributed by atoms with Gasteiger partial charge in [0.25, 0.3) is 10.4 Å². The first-order valence-electron chi connectivity index (χ1n) is 6.59. The molecule has 0 aliphatic heterocycles. The molecule has 0 radical (unpaired) electrons. The van der Waals surface area contributed by atoms with E-state index in [0.717, 1.165) is 32.6 Å². The minimum atomic E-state index is 0.728. The highest BCUT2D eigenvalue weighted by Crippen LogP contribution is 2.21. The Morgan fingerprint density at radius 3 is 1.45 bits per heavy atom. The van der Waals surface area contributed by atoms with Crippen LogP contribution in [0.3, 0.4) is 0 Å². The molecule has 0 unspecified atom stereocenters. The molecule has 0 aliphatic rings. The third-order valence-corrected chi connectivity index (χ3v) is 3.95. The summed E-state index contributed by atoms with van der Waals surface area (Å²) in [5.74, 6) is 0. The summed E-state index contributed by atoms with van der Waals surface area (Å²) in [5.41, 5.74) is 3.57. The normalized spacial score (nSPS) is 10.6. The topological polar surface area (TPSA) is 52.1 Å². The Morgan fingerprint density at radius 1 is 0.682 bits per heavy atom. The van der Waals surface area contributed by atoms with E-state index in [0.29, 0.717) is 0 Å². The zero-order valence-corrected chi connectivity index (χ0v) is 13.8. The molecule has 0 aliphatic carbocycles. The van der Waals surface area contributed by atoms with Crippen LogP contribution in [0.2, 0.25) is 0 Å². The summed E-state index contributed by atoms with van der Waals surface area (Å²) in [6, 6.07) is 15.5. The molecule has 2 aromatic carbocycles. The monoisotopic (exact) mass is 330 g/mol.